The second kappa shape index (κ2) is 14.2. The van der Waals surface area contributed by atoms with Gasteiger partial charge in [0.2, 0.25) is 0 Å². The Labute approximate surface area is 252 Å². The number of amides is 2. The van der Waals surface area contributed by atoms with Gasteiger partial charge in [0.15, 0.2) is 0 Å². The number of carbonyl (C=O) groups is 1. The van der Waals surface area contributed by atoms with Crippen molar-refractivity contribution in [1.29, 1.82) is 0 Å². The van der Waals surface area contributed by atoms with E-state index in [4.69, 9.17) is 9.84 Å². The molecule has 0 aliphatic carbocycles. The second-order valence-electron chi connectivity index (χ2n) is 10.6. The van der Waals surface area contributed by atoms with Crippen LogP contribution < -0.4 is 20.7 Å². The summed E-state index contributed by atoms with van der Waals surface area (Å²) in [7, 11) is 4.06. The van der Waals surface area contributed by atoms with E-state index in [2.05, 4.69) is 46.6 Å². The van der Waals surface area contributed by atoms with Gasteiger partial charge in [0, 0.05) is 41.7 Å². The molecule has 0 radical (unpaired) electrons. The number of pyridine rings is 1. The van der Waals surface area contributed by atoms with Gasteiger partial charge in [-0.1, -0.05) is 39.0 Å². The molecule has 0 saturated heterocycles. The van der Waals surface area contributed by atoms with E-state index in [9.17, 15) is 4.79 Å². The number of halogens is 1. The molecule has 0 saturated carbocycles. The van der Waals surface area contributed by atoms with Crippen LogP contribution >= 0.6 is 24.2 Å². The summed E-state index contributed by atoms with van der Waals surface area (Å²) < 4.78 is 7.86. The van der Waals surface area contributed by atoms with Crippen molar-refractivity contribution in [3.05, 3.63) is 78.6 Å². The lowest BCUT2D eigenvalue weighted by atomic mass is 9.92. The van der Waals surface area contributed by atoms with Crippen molar-refractivity contribution < 1.29 is 9.53 Å². The zero-order chi connectivity index (χ0) is 28.7. The molecular formula is C30H38ClN7O2S. The van der Waals surface area contributed by atoms with Gasteiger partial charge in [-0.2, -0.15) is 5.10 Å². The van der Waals surface area contributed by atoms with Crippen LogP contribution in [-0.2, 0) is 5.41 Å². The largest absolute Gasteiger partial charge is 0.457 e. The number of rotatable bonds is 10. The van der Waals surface area contributed by atoms with Gasteiger partial charge >= 0.3 is 6.03 Å². The van der Waals surface area contributed by atoms with E-state index in [-0.39, 0.29) is 23.9 Å². The molecule has 0 aliphatic heterocycles. The number of nitrogens with one attached hydrogen (secondary N) is 3. The topological polar surface area (TPSA) is 96.3 Å². The fourth-order valence-corrected chi connectivity index (χ4v) is 4.40. The molecule has 2 amide bonds. The molecule has 2 aromatic carbocycles. The maximum absolute atomic E-state index is 13.1. The molecule has 3 N–H and O–H groups in total. The number of para-hydroxylation sites is 1. The number of thioether (sulfide) groups is 1. The summed E-state index contributed by atoms with van der Waals surface area (Å²) in [6.07, 6.45) is 3.68. The van der Waals surface area contributed by atoms with E-state index < -0.39 is 0 Å². The summed E-state index contributed by atoms with van der Waals surface area (Å²) >= 11 is 1.52. The first-order valence-electron chi connectivity index (χ1n) is 13.1. The van der Waals surface area contributed by atoms with E-state index in [1.165, 1.54) is 11.8 Å². The standard InChI is InChI=1S/C30H37N7O2S.ClH/c1-30(2,3)26-20-28(37(35-26)21-10-8-7-9-11-21)34-29(38)33-24-13-12-22(18-25(24)40-6)39-23-14-15-31-27(19-23)32-16-17-36(4)5;/h7-15,18-20H,16-17H2,1-6H3,(H,31,32)(H2,33,34,38);1H. The Kier molecular flexibility index (Phi) is 11.0. The van der Waals surface area contributed by atoms with Crippen molar-refractivity contribution in [3.8, 4) is 17.2 Å². The lowest BCUT2D eigenvalue weighted by Crippen LogP contribution is -2.21. The number of aromatic nitrogens is 3. The second-order valence-corrected chi connectivity index (χ2v) is 11.4. The van der Waals surface area contributed by atoms with E-state index in [0.29, 0.717) is 23.0 Å². The van der Waals surface area contributed by atoms with Crippen LogP contribution in [0.25, 0.3) is 5.69 Å². The maximum atomic E-state index is 13.1. The highest BCUT2D eigenvalue weighted by atomic mass is 35.5. The quantitative estimate of drug-likeness (QED) is 0.168. The fourth-order valence-electron chi connectivity index (χ4n) is 3.83. The van der Waals surface area contributed by atoms with Crippen LogP contribution in [0.5, 0.6) is 11.5 Å². The molecule has 0 fully saturated rings. The SMILES string of the molecule is CSc1cc(Oc2ccnc(NCCN(C)C)c2)ccc1NC(=O)Nc1cc(C(C)(C)C)nn1-c1ccccc1.Cl. The smallest absolute Gasteiger partial charge is 0.324 e. The van der Waals surface area contributed by atoms with Crippen molar-refractivity contribution in [2.45, 2.75) is 31.1 Å². The average Bonchev–Trinajstić information content (AvgIpc) is 3.34. The van der Waals surface area contributed by atoms with Gasteiger partial charge in [-0.05, 0) is 56.7 Å². The Morgan fingerprint density at radius 2 is 1.73 bits per heavy atom. The lowest BCUT2D eigenvalue weighted by Gasteiger charge is -2.14. The van der Waals surface area contributed by atoms with Gasteiger partial charge in [0.05, 0.1) is 17.1 Å². The lowest BCUT2D eigenvalue weighted by molar-refractivity contribution is 0.262. The normalized spacial score (nSPS) is 11.1. The molecule has 11 heteroatoms. The number of ether oxygens (including phenoxy) is 1. The molecule has 4 rings (SSSR count). The zero-order valence-electron chi connectivity index (χ0n) is 24.3. The Morgan fingerprint density at radius 3 is 2.41 bits per heavy atom. The molecule has 0 spiro atoms. The molecule has 4 aromatic rings. The van der Waals surface area contributed by atoms with E-state index in [0.717, 1.165) is 35.2 Å². The van der Waals surface area contributed by atoms with Crippen LogP contribution in [-0.4, -0.2) is 59.1 Å². The van der Waals surface area contributed by atoms with Gasteiger partial charge in [0.25, 0.3) is 0 Å². The molecule has 0 aliphatic rings. The number of carbonyl (C=O) groups excluding carboxylic acids is 1. The third kappa shape index (κ3) is 8.88. The number of nitrogens with zero attached hydrogens (tertiary/aromatic N) is 4. The number of benzene rings is 2. The molecule has 218 valence electrons. The third-order valence-corrected chi connectivity index (χ3v) is 6.75. The van der Waals surface area contributed by atoms with Gasteiger partial charge in [-0.25, -0.2) is 14.5 Å². The molecule has 0 atom stereocenters. The van der Waals surface area contributed by atoms with Crippen molar-refractivity contribution in [1.82, 2.24) is 19.7 Å². The average molecular weight is 596 g/mol. The first kappa shape index (κ1) is 31.8. The number of likely N-dealkylation sites (N-methyl/N-ethyl adjacent to an activating group) is 1. The third-order valence-electron chi connectivity index (χ3n) is 5.97. The number of urea groups is 1. The van der Waals surface area contributed by atoms with Gasteiger partial charge in [-0.15, -0.1) is 24.2 Å². The number of anilines is 3. The van der Waals surface area contributed by atoms with Gasteiger partial charge in [0.1, 0.15) is 23.1 Å². The monoisotopic (exact) mass is 595 g/mol. The summed E-state index contributed by atoms with van der Waals surface area (Å²) in [6.45, 7) is 7.97. The molecular weight excluding hydrogens is 558 g/mol. The predicted molar refractivity (Wildman–Crippen MR) is 172 cm³/mol. The molecule has 0 bridgehead atoms. The Morgan fingerprint density at radius 1 is 1.00 bits per heavy atom. The van der Waals surface area contributed by atoms with Crippen LogP contribution in [0.4, 0.5) is 22.1 Å². The van der Waals surface area contributed by atoms with Crippen LogP contribution in [0.1, 0.15) is 26.5 Å². The van der Waals surface area contributed by atoms with Gasteiger partial charge < -0.3 is 20.3 Å². The van der Waals surface area contributed by atoms with Crippen molar-refractivity contribution in [3.63, 3.8) is 0 Å². The summed E-state index contributed by atoms with van der Waals surface area (Å²) in [5, 5.41) is 14.0. The van der Waals surface area contributed by atoms with Crippen LogP contribution in [0.3, 0.4) is 0 Å². The minimum Gasteiger partial charge on any atom is -0.457 e. The van der Waals surface area contributed by atoms with E-state index in [1.54, 1.807) is 10.9 Å². The summed E-state index contributed by atoms with van der Waals surface area (Å²) in [4.78, 5) is 20.5. The van der Waals surface area contributed by atoms with Crippen molar-refractivity contribution in [2.75, 3.05) is 49.4 Å². The van der Waals surface area contributed by atoms with Crippen LogP contribution in [0, 0.1) is 0 Å². The first-order valence-corrected chi connectivity index (χ1v) is 14.3. The van der Waals surface area contributed by atoms with Crippen LogP contribution in [0.15, 0.2) is 77.8 Å². The van der Waals surface area contributed by atoms with E-state index in [1.807, 2.05) is 87.1 Å². The molecule has 2 aromatic heterocycles. The minimum atomic E-state index is -0.357. The first-order chi connectivity index (χ1) is 19.1. The maximum Gasteiger partial charge on any atom is 0.324 e. The summed E-state index contributed by atoms with van der Waals surface area (Å²) in [6, 6.07) is 20.6. The molecule has 9 nitrogen and oxygen atoms in total. The van der Waals surface area contributed by atoms with Crippen molar-refractivity contribution >= 4 is 47.5 Å². The highest BCUT2D eigenvalue weighted by Crippen LogP contribution is 2.33. The zero-order valence-corrected chi connectivity index (χ0v) is 25.9. The Hall–Kier alpha value is -3.73. The molecule has 0 unspecified atom stereocenters. The number of hydrogen-bond donors (Lipinski definition) is 3. The number of hydrogen-bond acceptors (Lipinski definition) is 7. The molecule has 41 heavy (non-hydrogen) atoms. The summed E-state index contributed by atoms with van der Waals surface area (Å²) in [5.74, 6) is 2.69. The van der Waals surface area contributed by atoms with Gasteiger partial charge in [-0.3, -0.25) is 5.32 Å². The van der Waals surface area contributed by atoms with Crippen molar-refractivity contribution in [2.24, 2.45) is 0 Å². The minimum absolute atomic E-state index is 0. The highest BCUT2D eigenvalue weighted by Gasteiger charge is 2.22. The predicted octanol–water partition coefficient (Wildman–Crippen LogP) is 7.12. The Balaban J connectivity index is 0.00000462. The highest BCUT2D eigenvalue weighted by molar-refractivity contribution is 7.98. The van der Waals surface area contributed by atoms with Crippen LogP contribution in [0.2, 0.25) is 0 Å². The summed E-state index contributed by atoms with van der Waals surface area (Å²) in [5.41, 5.74) is 2.25. The fraction of sp³-hybridized carbons (Fsp3) is 0.300. The molecule has 2 heterocycles. The Bertz CT molecular complexity index is 1440. The van der Waals surface area contributed by atoms with E-state index >= 15 is 0 Å².